The molecule has 40 heavy (non-hydrogen) atoms. The second kappa shape index (κ2) is 13.2. The number of hydrogen-bond acceptors (Lipinski definition) is 5. The molecule has 9 heteroatoms. The Morgan fingerprint density at radius 2 is 1.43 bits per heavy atom. The lowest BCUT2D eigenvalue weighted by molar-refractivity contribution is -0.241. The van der Waals surface area contributed by atoms with E-state index >= 15 is 0 Å². The van der Waals surface area contributed by atoms with Gasteiger partial charge in [-0.1, -0.05) is 159 Å². The van der Waals surface area contributed by atoms with E-state index in [0.29, 0.717) is 6.61 Å². The molecule has 1 aliphatic heterocycles. The molecule has 1 saturated heterocycles. The van der Waals surface area contributed by atoms with Gasteiger partial charge in [-0.25, -0.2) is 0 Å². The normalized spacial score (nSPS) is 20.4. The molecule has 0 bridgehead atoms. The second-order valence-electron chi connectivity index (χ2n) is 10.6. The lowest BCUT2D eigenvalue weighted by atomic mass is 10.1. The van der Waals surface area contributed by atoms with E-state index in [1.165, 1.54) is 10.4 Å². The molecule has 1 N–H and O–H groups in total. The zero-order valence-corrected chi connectivity index (χ0v) is 26.0. The van der Waals surface area contributed by atoms with Crippen LogP contribution < -0.4 is 10.4 Å². The van der Waals surface area contributed by atoms with Crippen LogP contribution in [0.5, 0.6) is 0 Å². The molecule has 1 aliphatic rings. The van der Waals surface area contributed by atoms with Crippen molar-refractivity contribution < 1.29 is 18.6 Å². The highest BCUT2D eigenvalue weighted by Crippen LogP contribution is 2.37. The van der Waals surface area contributed by atoms with E-state index < -0.39 is 36.5 Å². The first-order chi connectivity index (χ1) is 19.0. The van der Waals surface area contributed by atoms with E-state index in [9.17, 15) is 0 Å². The number of hydrogen-bond donors (Lipinski definition) is 1. The van der Waals surface area contributed by atoms with E-state index in [1.54, 1.807) is 0 Å². The van der Waals surface area contributed by atoms with Gasteiger partial charge in [-0.15, -0.1) is 0 Å². The first-order valence-electron chi connectivity index (χ1n) is 13.1. The van der Waals surface area contributed by atoms with Crippen molar-refractivity contribution in [1.82, 2.24) is 0 Å². The van der Waals surface area contributed by atoms with Gasteiger partial charge < -0.3 is 18.6 Å². The summed E-state index contributed by atoms with van der Waals surface area (Å²) in [6.45, 7) is 7.20. The fraction of sp³-hybridized carbons (Fsp3) is 0.323. The van der Waals surface area contributed by atoms with Crippen molar-refractivity contribution in [3.8, 4) is 0 Å². The zero-order valence-electron chi connectivity index (χ0n) is 22.7. The molecule has 0 spiro atoms. The molecule has 4 rings (SSSR count). The van der Waals surface area contributed by atoms with Crippen molar-refractivity contribution in [2.24, 2.45) is 0 Å². The van der Waals surface area contributed by atoms with Gasteiger partial charge in [-0.3, -0.25) is 5.41 Å². The van der Waals surface area contributed by atoms with Gasteiger partial charge in [0.05, 0.1) is 13.2 Å². The van der Waals surface area contributed by atoms with Crippen molar-refractivity contribution in [2.45, 2.75) is 48.1 Å². The highest BCUT2D eigenvalue weighted by molar-refractivity contribution is 6.99. The van der Waals surface area contributed by atoms with Crippen LogP contribution in [0.15, 0.2) is 103 Å². The molecule has 0 aromatic heterocycles. The molecule has 3 atom stereocenters. The maximum Gasteiger partial charge on any atom is 0.265 e. The monoisotopic (exact) mass is 617 g/mol. The van der Waals surface area contributed by atoms with Crippen LogP contribution in [-0.4, -0.2) is 43.4 Å². The largest absolute Gasteiger partial charge is 0.469 e. The van der Waals surface area contributed by atoms with Gasteiger partial charge >= 0.3 is 0 Å². The third kappa shape index (κ3) is 7.18. The Balaban J connectivity index is 1.60. The van der Waals surface area contributed by atoms with Gasteiger partial charge in [0.2, 0.25) is 5.90 Å². The van der Waals surface area contributed by atoms with Gasteiger partial charge in [0, 0.05) is 5.56 Å². The van der Waals surface area contributed by atoms with Crippen LogP contribution >= 0.6 is 34.8 Å². The molecular weight excluding hydrogens is 585 g/mol. The predicted octanol–water partition coefficient (Wildman–Crippen LogP) is 6.97. The van der Waals surface area contributed by atoms with Crippen molar-refractivity contribution in [1.29, 1.82) is 5.41 Å². The summed E-state index contributed by atoms with van der Waals surface area (Å²) in [7, 11) is -2.70. The van der Waals surface area contributed by atoms with Crippen molar-refractivity contribution in [2.75, 3.05) is 13.2 Å². The smallest absolute Gasteiger partial charge is 0.265 e. The Labute approximate surface area is 252 Å². The molecule has 5 nitrogen and oxygen atoms in total. The molecule has 3 aromatic rings. The molecule has 0 saturated carbocycles. The van der Waals surface area contributed by atoms with Crippen LogP contribution in [0.4, 0.5) is 0 Å². The quantitative estimate of drug-likeness (QED) is 0.0974. The van der Waals surface area contributed by atoms with Crippen LogP contribution in [0.25, 0.3) is 0 Å². The summed E-state index contributed by atoms with van der Waals surface area (Å²) in [6, 6.07) is 30.6. The molecule has 0 amide bonds. The van der Waals surface area contributed by atoms with Gasteiger partial charge in [0.1, 0.15) is 6.10 Å². The summed E-state index contributed by atoms with van der Waals surface area (Å²) in [5.41, 5.74) is 0.874. The minimum atomic E-state index is -2.70. The number of halogens is 3. The minimum Gasteiger partial charge on any atom is -0.469 e. The molecule has 3 aromatic carbocycles. The molecule has 0 radical (unpaired) electrons. The van der Waals surface area contributed by atoms with Crippen molar-refractivity contribution in [3.05, 3.63) is 109 Å². The van der Waals surface area contributed by atoms with Crippen LogP contribution in [0, 0.1) is 5.41 Å². The summed E-state index contributed by atoms with van der Waals surface area (Å²) < 4.78 is 22.8. The van der Waals surface area contributed by atoms with E-state index in [2.05, 4.69) is 69.3 Å². The van der Waals surface area contributed by atoms with Gasteiger partial charge in [0.25, 0.3) is 12.1 Å². The first-order valence-corrected chi connectivity index (χ1v) is 16.1. The average Bonchev–Trinajstić information content (AvgIpc) is 2.94. The van der Waals surface area contributed by atoms with E-state index in [1.807, 2.05) is 54.6 Å². The van der Waals surface area contributed by atoms with E-state index in [4.69, 9.17) is 58.8 Å². The summed E-state index contributed by atoms with van der Waals surface area (Å²) in [5.74, 6) is -0.491. The topological polar surface area (TPSA) is 60.8 Å². The molecule has 0 aliphatic carbocycles. The Morgan fingerprint density at radius 1 is 0.900 bits per heavy atom. The Morgan fingerprint density at radius 3 is 1.93 bits per heavy atom. The number of ether oxygens (including phenoxy) is 3. The zero-order chi connectivity index (χ0) is 28.8. The Hall–Kier alpha value is -2.16. The van der Waals surface area contributed by atoms with Crippen LogP contribution in [0.3, 0.4) is 0 Å². The SMILES string of the molecule is CC(C)(C)[Si](OC/C=C\[C@H]1O[C@@H](c2ccccc2)OC[C@H]1OC(=N)C(Cl)(Cl)Cl)(c1ccccc1)c1ccccc1. The van der Waals surface area contributed by atoms with Crippen molar-refractivity contribution in [3.63, 3.8) is 0 Å². The summed E-state index contributed by atoms with van der Waals surface area (Å²) in [4.78, 5) is 0. The highest BCUT2D eigenvalue weighted by atomic mass is 35.6. The number of rotatable bonds is 8. The molecule has 212 valence electrons. The van der Waals surface area contributed by atoms with Crippen LogP contribution in [-0.2, 0) is 18.6 Å². The van der Waals surface area contributed by atoms with Crippen molar-refractivity contribution >= 4 is 59.4 Å². The fourth-order valence-corrected chi connectivity index (χ4v) is 9.58. The first kappa shape index (κ1) is 30.8. The maximum atomic E-state index is 8.06. The molecule has 0 unspecified atom stereocenters. The van der Waals surface area contributed by atoms with E-state index in [0.717, 1.165) is 5.56 Å². The Kier molecular flexibility index (Phi) is 10.2. The van der Waals surface area contributed by atoms with Gasteiger partial charge in [-0.2, -0.15) is 0 Å². The van der Waals surface area contributed by atoms with Crippen LogP contribution in [0.2, 0.25) is 5.04 Å². The molecule has 1 heterocycles. The number of alkyl halides is 3. The lowest BCUT2D eigenvalue weighted by Gasteiger charge is -2.42. The third-order valence-electron chi connectivity index (χ3n) is 6.80. The predicted molar refractivity (Wildman–Crippen MR) is 166 cm³/mol. The maximum absolute atomic E-state index is 8.06. The molecule has 1 fully saturated rings. The third-order valence-corrected chi connectivity index (χ3v) is 12.3. The Bertz CT molecular complexity index is 1220. The summed E-state index contributed by atoms with van der Waals surface area (Å²) in [6.07, 6.45) is 1.95. The number of benzene rings is 3. The standard InChI is InChI=1S/C31H34Cl3NO4Si/c1-30(2,3)40(24-16-9-5-10-17-24,25-18-11-6-12-19-25)37-21-13-20-26-27(39-29(35)31(32,33)34)22-36-28(38-26)23-14-7-4-8-15-23/h4-20,26-28,35H,21-22H2,1-3H3/b20-13-,35-29?/t26-,27-,28+/m1/s1. The fourth-order valence-electron chi connectivity index (χ4n) is 4.94. The second-order valence-corrected chi connectivity index (χ2v) is 17.1. The highest BCUT2D eigenvalue weighted by Gasteiger charge is 2.50. The minimum absolute atomic E-state index is 0.146. The van der Waals surface area contributed by atoms with Gasteiger partial charge in [-0.05, 0) is 15.4 Å². The van der Waals surface area contributed by atoms with Gasteiger partial charge in [0.15, 0.2) is 12.4 Å². The van der Waals surface area contributed by atoms with Crippen LogP contribution in [0.1, 0.15) is 32.6 Å². The molecular formula is C31H34Cl3NO4Si. The lowest BCUT2D eigenvalue weighted by Crippen LogP contribution is -2.66. The van der Waals surface area contributed by atoms with E-state index in [-0.39, 0.29) is 11.6 Å². The number of nitrogens with one attached hydrogen (secondary N) is 1. The average molecular weight is 619 g/mol. The summed E-state index contributed by atoms with van der Waals surface area (Å²) in [5, 5.41) is 10.3. The summed E-state index contributed by atoms with van der Waals surface area (Å²) >= 11 is 17.6.